The molecule has 0 spiro atoms. The highest BCUT2D eigenvalue weighted by atomic mass is 16.5. The molecule has 1 saturated heterocycles. The molecule has 1 aliphatic heterocycles. The van der Waals surface area contributed by atoms with E-state index in [1.54, 1.807) is 0 Å². The fourth-order valence-corrected chi connectivity index (χ4v) is 3.98. The van der Waals surface area contributed by atoms with Crippen molar-refractivity contribution in [3.05, 3.63) is 36.4 Å². The van der Waals surface area contributed by atoms with Gasteiger partial charge in [-0.25, -0.2) is 0 Å². The normalized spacial score (nSPS) is 28.6. The Balaban J connectivity index is 1.53. The number of rotatable bonds is 3. The average Bonchev–Trinajstić information content (AvgIpc) is 2.61. The first-order valence-electron chi connectivity index (χ1n) is 9.36. The molecule has 3 N–H and O–H groups in total. The molecule has 1 aliphatic carbocycles. The molecule has 1 heterocycles. The Hall–Kier alpha value is -1.78. The van der Waals surface area contributed by atoms with Crippen LogP contribution in [-0.2, 0) is 4.74 Å². The van der Waals surface area contributed by atoms with E-state index in [1.807, 2.05) is 0 Å². The molecule has 3 unspecified atom stereocenters. The molecule has 134 valence electrons. The zero-order chi connectivity index (χ0) is 17.6. The zero-order valence-electron chi connectivity index (χ0n) is 15.5. The first kappa shape index (κ1) is 16.7. The first-order valence-corrected chi connectivity index (χ1v) is 9.36. The van der Waals surface area contributed by atoms with Crippen LogP contribution in [0.5, 0.6) is 0 Å². The van der Waals surface area contributed by atoms with E-state index in [2.05, 4.69) is 67.4 Å². The summed E-state index contributed by atoms with van der Waals surface area (Å²) < 4.78 is 5.65. The van der Waals surface area contributed by atoms with Gasteiger partial charge in [0.1, 0.15) is 0 Å². The third kappa shape index (κ3) is 3.09. The number of hydrogen-bond donors (Lipinski definition) is 2. The summed E-state index contributed by atoms with van der Waals surface area (Å²) in [6.45, 7) is 9.36. The summed E-state index contributed by atoms with van der Waals surface area (Å²) in [7, 11) is 0. The summed E-state index contributed by atoms with van der Waals surface area (Å²) in [6, 6.07) is 14.2. The monoisotopic (exact) mass is 339 g/mol. The number of nitrogens with one attached hydrogen (secondary N) is 1. The highest BCUT2D eigenvalue weighted by Crippen LogP contribution is 2.41. The molecule has 0 bridgehead atoms. The van der Waals surface area contributed by atoms with Crippen molar-refractivity contribution in [2.75, 3.05) is 29.9 Å². The largest absolute Gasteiger partial charge is 0.382 e. The first-order chi connectivity index (χ1) is 11.9. The fourth-order valence-electron chi connectivity index (χ4n) is 3.98. The summed E-state index contributed by atoms with van der Waals surface area (Å²) >= 11 is 0. The maximum absolute atomic E-state index is 6.13. The Morgan fingerprint density at radius 2 is 1.92 bits per heavy atom. The highest BCUT2D eigenvalue weighted by Gasteiger charge is 2.45. The standard InChI is InChI=1S/C21H29N3O/c1-14-13-24(8-9-25-14)18-7-5-15-10-17(6-4-16(15)11-18)23-20-12-19(22)21(20,2)3/h4-7,10-11,14,19-20,23H,8-9,12-13,22H2,1-3H3. The van der Waals surface area contributed by atoms with Crippen LogP contribution in [0.15, 0.2) is 36.4 Å². The van der Waals surface area contributed by atoms with Crippen LogP contribution in [0.2, 0.25) is 0 Å². The van der Waals surface area contributed by atoms with E-state index in [0.29, 0.717) is 18.2 Å². The third-order valence-corrected chi connectivity index (χ3v) is 6.11. The van der Waals surface area contributed by atoms with Gasteiger partial charge in [0.15, 0.2) is 0 Å². The Morgan fingerprint density at radius 3 is 2.64 bits per heavy atom. The van der Waals surface area contributed by atoms with E-state index in [1.165, 1.54) is 22.1 Å². The van der Waals surface area contributed by atoms with E-state index in [4.69, 9.17) is 10.5 Å². The Labute approximate surface area is 150 Å². The summed E-state index contributed by atoms with van der Waals surface area (Å²) in [6.07, 6.45) is 1.34. The quantitative estimate of drug-likeness (QED) is 0.897. The minimum absolute atomic E-state index is 0.159. The number of nitrogens with zero attached hydrogens (tertiary/aromatic N) is 1. The van der Waals surface area contributed by atoms with Crippen molar-refractivity contribution in [1.82, 2.24) is 0 Å². The van der Waals surface area contributed by atoms with Crippen molar-refractivity contribution in [2.24, 2.45) is 11.1 Å². The molecular formula is C21H29N3O. The molecule has 2 fully saturated rings. The predicted molar refractivity (Wildman–Crippen MR) is 105 cm³/mol. The molecule has 1 saturated carbocycles. The van der Waals surface area contributed by atoms with Crippen molar-refractivity contribution >= 4 is 22.1 Å². The van der Waals surface area contributed by atoms with Crippen LogP contribution in [0.4, 0.5) is 11.4 Å². The Bertz CT molecular complexity index is 773. The number of morpholine rings is 1. The lowest BCUT2D eigenvalue weighted by atomic mass is 9.63. The van der Waals surface area contributed by atoms with Gasteiger partial charge in [0.2, 0.25) is 0 Å². The smallest absolute Gasteiger partial charge is 0.0722 e. The lowest BCUT2D eigenvalue weighted by Crippen LogP contribution is -2.61. The minimum atomic E-state index is 0.159. The molecule has 3 atom stereocenters. The Kier molecular flexibility index (Phi) is 4.13. The number of fused-ring (bicyclic) bond motifs is 1. The van der Waals surface area contributed by atoms with Gasteiger partial charge < -0.3 is 20.7 Å². The lowest BCUT2D eigenvalue weighted by Gasteiger charge is -2.51. The second kappa shape index (κ2) is 6.19. The van der Waals surface area contributed by atoms with Crippen molar-refractivity contribution in [3.8, 4) is 0 Å². The van der Waals surface area contributed by atoms with E-state index in [9.17, 15) is 0 Å². The highest BCUT2D eigenvalue weighted by molar-refractivity contribution is 5.88. The van der Waals surface area contributed by atoms with Crippen LogP contribution in [0.3, 0.4) is 0 Å². The minimum Gasteiger partial charge on any atom is -0.382 e. The Morgan fingerprint density at radius 1 is 1.16 bits per heavy atom. The molecule has 4 nitrogen and oxygen atoms in total. The van der Waals surface area contributed by atoms with Crippen molar-refractivity contribution in [3.63, 3.8) is 0 Å². The van der Waals surface area contributed by atoms with Gasteiger partial charge in [-0.1, -0.05) is 26.0 Å². The van der Waals surface area contributed by atoms with Crippen LogP contribution in [0.1, 0.15) is 27.2 Å². The van der Waals surface area contributed by atoms with Crippen molar-refractivity contribution in [1.29, 1.82) is 0 Å². The molecule has 2 aliphatic rings. The van der Waals surface area contributed by atoms with Crippen LogP contribution >= 0.6 is 0 Å². The molecular weight excluding hydrogens is 310 g/mol. The molecule has 0 radical (unpaired) electrons. The van der Waals surface area contributed by atoms with Gasteiger partial charge in [-0.05, 0) is 48.4 Å². The number of hydrogen-bond acceptors (Lipinski definition) is 4. The fraction of sp³-hybridized carbons (Fsp3) is 0.524. The van der Waals surface area contributed by atoms with Crippen molar-refractivity contribution < 1.29 is 4.74 Å². The topological polar surface area (TPSA) is 50.5 Å². The van der Waals surface area contributed by atoms with Crippen LogP contribution < -0.4 is 16.0 Å². The second-order valence-corrected chi connectivity index (χ2v) is 8.23. The third-order valence-electron chi connectivity index (χ3n) is 6.11. The maximum Gasteiger partial charge on any atom is 0.0722 e. The summed E-state index contributed by atoms with van der Waals surface area (Å²) in [5, 5.41) is 6.23. The van der Waals surface area contributed by atoms with Gasteiger partial charge in [-0.3, -0.25) is 0 Å². The molecule has 0 amide bonds. The van der Waals surface area contributed by atoms with E-state index in [-0.39, 0.29) is 5.41 Å². The summed E-state index contributed by atoms with van der Waals surface area (Å²) in [5.41, 5.74) is 8.77. The number of nitrogens with two attached hydrogens (primary N) is 1. The van der Waals surface area contributed by atoms with Gasteiger partial charge in [0, 0.05) is 42.0 Å². The molecule has 25 heavy (non-hydrogen) atoms. The molecule has 2 aromatic rings. The predicted octanol–water partition coefficient (Wildman–Crippen LogP) is 3.60. The van der Waals surface area contributed by atoms with Crippen LogP contribution in [0, 0.1) is 5.41 Å². The molecule has 4 heteroatoms. The number of benzene rings is 2. The van der Waals surface area contributed by atoms with E-state index >= 15 is 0 Å². The zero-order valence-corrected chi connectivity index (χ0v) is 15.5. The van der Waals surface area contributed by atoms with Gasteiger partial charge in [-0.2, -0.15) is 0 Å². The lowest BCUT2D eigenvalue weighted by molar-refractivity contribution is 0.0532. The number of anilines is 2. The maximum atomic E-state index is 6.13. The average molecular weight is 339 g/mol. The van der Waals surface area contributed by atoms with Crippen LogP contribution in [-0.4, -0.2) is 37.9 Å². The van der Waals surface area contributed by atoms with Gasteiger partial charge >= 0.3 is 0 Å². The van der Waals surface area contributed by atoms with Gasteiger partial charge in [-0.15, -0.1) is 0 Å². The molecule has 4 rings (SSSR count). The van der Waals surface area contributed by atoms with E-state index in [0.717, 1.165) is 26.1 Å². The summed E-state index contributed by atoms with van der Waals surface area (Å²) in [4.78, 5) is 2.41. The van der Waals surface area contributed by atoms with Crippen molar-refractivity contribution in [2.45, 2.75) is 45.4 Å². The van der Waals surface area contributed by atoms with Gasteiger partial charge in [0.05, 0.1) is 12.7 Å². The van der Waals surface area contributed by atoms with Crippen LogP contribution in [0.25, 0.3) is 10.8 Å². The second-order valence-electron chi connectivity index (χ2n) is 8.23. The summed E-state index contributed by atoms with van der Waals surface area (Å²) in [5.74, 6) is 0. The molecule has 2 aromatic carbocycles. The van der Waals surface area contributed by atoms with Gasteiger partial charge in [0.25, 0.3) is 0 Å². The number of ether oxygens (including phenoxy) is 1. The molecule has 0 aromatic heterocycles. The van der Waals surface area contributed by atoms with E-state index < -0.39 is 0 Å². The SMILES string of the molecule is CC1CN(c2ccc3cc(NC4CC(N)C4(C)C)ccc3c2)CCO1.